The molecule has 2 rings (SSSR count). The summed E-state index contributed by atoms with van der Waals surface area (Å²) in [6, 6.07) is 6.86. The van der Waals surface area contributed by atoms with Crippen LogP contribution in [0.3, 0.4) is 0 Å². The fourth-order valence-corrected chi connectivity index (χ4v) is 3.37. The summed E-state index contributed by atoms with van der Waals surface area (Å²) < 4.78 is 37.2. The highest BCUT2D eigenvalue weighted by Crippen LogP contribution is 2.25. The van der Waals surface area contributed by atoms with E-state index in [1.54, 1.807) is 43.1 Å². The summed E-state index contributed by atoms with van der Waals surface area (Å²) in [5.41, 5.74) is 8.28. The van der Waals surface area contributed by atoms with Crippen molar-refractivity contribution >= 4 is 23.6 Å². The monoisotopic (exact) mass is 438 g/mol. The molecule has 0 saturated carbocycles. The van der Waals surface area contributed by atoms with Gasteiger partial charge in [-0.2, -0.15) is 13.2 Å². The number of aliphatic imine (C=N–C) groups is 1. The quantitative estimate of drug-likeness (QED) is 0.369. The Morgan fingerprint density at radius 3 is 2.45 bits per heavy atom. The molecule has 31 heavy (non-hydrogen) atoms. The van der Waals surface area contributed by atoms with E-state index in [-0.39, 0.29) is 12.5 Å². The van der Waals surface area contributed by atoms with E-state index in [1.165, 1.54) is 6.92 Å². The van der Waals surface area contributed by atoms with Crippen molar-refractivity contribution in [1.29, 1.82) is 5.41 Å². The Morgan fingerprint density at radius 2 is 1.94 bits per heavy atom. The highest BCUT2D eigenvalue weighted by molar-refractivity contribution is 6.00. The summed E-state index contributed by atoms with van der Waals surface area (Å²) >= 11 is 0. The fraction of sp³-hybridized carbons (Fsp3) is 0.476. The number of amidine groups is 1. The normalized spacial score (nSPS) is 17.4. The largest absolute Gasteiger partial charge is 0.401 e. The molecule has 1 aromatic rings. The third kappa shape index (κ3) is 6.55. The molecule has 0 radical (unpaired) electrons. The molecule has 0 saturated heterocycles. The summed E-state index contributed by atoms with van der Waals surface area (Å²) in [7, 11) is 1.80. The molecule has 0 aliphatic carbocycles. The molecule has 1 aliphatic heterocycles. The maximum absolute atomic E-state index is 12.4. The molecule has 0 fully saturated rings. The van der Waals surface area contributed by atoms with E-state index in [0.717, 1.165) is 17.5 Å². The van der Waals surface area contributed by atoms with E-state index in [4.69, 9.17) is 11.1 Å². The van der Waals surface area contributed by atoms with Gasteiger partial charge in [-0.05, 0) is 24.6 Å². The number of hydrogen-bond acceptors (Lipinski definition) is 5. The van der Waals surface area contributed by atoms with Crippen molar-refractivity contribution in [3.05, 3.63) is 41.1 Å². The second-order valence-corrected chi connectivity index (χ2v) is 7.72. The lowest BCUT2D eigenvalue weighted by Crippen LogP contribution is -2.41. The number of carbonyl (C=O) groups excluding carboxylic acids is 1. The molecule has 1 unspecified atom stereocenters. The predicted octanol–water partition coefficient (Wildman–Crippen LogP) is 2.46. The number of benzene rings is 1. The van der Waals surface area contributed by atoms with Crippen LogP contribution in [-0.2, 0) is 10.2 Å². The summed E-state index contributed by atoms with van der Waals surface area (Å²) in [5, 5.41) is 13.2. The smallest absolute Gasteiger partial charge is 0.391 e. The minimum Gasteiger partial charge on any atom is -0.391 e. The van der Waals surface area contributed by atoms with Crippen molar-refractivity contribution in [1.82, 2.24) is 15.5 Å². The van der Waals surface area contributed by atoms with Gasteiger partial charge in [0.25, 0.3) is 0 Å². The first-order valence-corrected chi connectivity index (χ1v) is 9.88. The first-order chi connectivity index (χ1) is 14.5. The topological polar surface area (TPSA) is 107 Å². The number of amides is 1. The van der Waals surface area contributed by atoms with Crippen molar-refractivity contribution in [2.24, 2.45) is 10.7 Å². The number of nitrogens with one attached hydrogen (secondary N) is 3. The first kappa shape index (κ1) is 24.4. The van der Waals surface area contributed by atoms with Crippen LogP contribution in [0.2, 0.25) is 0 Å². The van der Waals surface area contributed by atoms with Gasteiger partial charge in [0.05, 0.1) is 18.8 Å². The third-order valence-electron chi connectivity index (χ3n) is 5.31. The second kappa shape index (κ2) is 9.95. The molecular weight excluding hydrogens is 409 g/mol. The minimum absolute atomic E-state index is 0.0277. The van der Waals surface area contributed by atoms with Crippen LogP contribution in [0.4, 0.5) is 18.9 Å². The molecule has 1 heterocycles. The van der Waals surface area contributed by atoms with Gasteiger partial charge in [-0.15, -0.1) is 0 Å². The number of carbonyl (C=O) groups is 1. The number of nitrogens with two attached hydrogens (primary N) is 1. The van der Waals surface area contributed by atoms with Gasteiger partial charge >= 0.3 is 6.18 Å². The number of nitrogens with zero attached hydrogens (tertiary/aromatic N) is 2. The third-order valence-corrected chi connectivity index (χ3v) is 5.31. The van der Waals surface area contributed by atoms with E-state index in [1.807, 2.05) is 0 Å². The number of rotatable bonds is 8. The van der Waals surface area contributed by atoms with Crippen LogP contribution in [-0.4, -0.2) is 62.3 Å². The molecule has 170 valence electrons. The summed E-state index contributed by atoms with van der Waals surface area (Å²) in [6.07, 6.45) is -2.52. The lowest BCUT2D eigenvalue weighted by Gasteiger charge is -2.30. The van der Waals surface area contributed by atoms with Crippen LogP contribution in [0.25, 0.3) is 0 Å². The van der Waals surface area contributed by atoms with E-state index in [9.17, 15) is 18.0 Å². The lowest BCUT2D eigenvalue weighted by atomic mass is 9.83. The van der Waals surface area contributed by atoms with Gasteiger partial charge in [-0.1, -0.05) is 12.1 Å². The summed E-state index contributed by atoms with van der Waals surface area (Å²) in [4.78, 5) is 17.9. The molecule has 0 aromatic heterocycles. The van der Waals surface area contributed by atoms with Gasteiger partial charge in [0.1, 0.15) is 5.84 Å². The molecule has 1 amide bonds. The maximum Gasteiger partial charge on any atom is 0.401 e. The van der Waals surface area contributed by atoms with Crippen LogP contribution in [0, 0.1) is 5.41 Å². The molecule has 1 aliphatic rings. The Labute approximate surface area is 180 Å². The number of hydrogen-bond donors (Lipinski definition) is 4. The zero-order valence-electron chi connectivity index (χ0n) is 17.9. The van der Waals surface area contributed by atoms with E-state index >= 15 is 0 Å². The van der Waals surface area contributed by atoms with Crippen LogP contribution in [0.5, 0.6) is 0 Å². The Hall–Kier alpha value is -2.88. The van der Waals surface area contributed by atoms with Gasteiger partial charge in [0, 0.05) is 56.4 Å². The number of halogens is 3. The van der Waals surface area contributed by atoms with Gasteiger partial charge in [0.2, 0.25) is 5.91 Å². The van der Waals surface area contributed by atoms with E-state index < -0.39 is 18.1 Å². The Morgan fingerprint density at radius 1 is 1.29 bits per heavy atom. The zero-order valence-corrected chi connectivity index (χ0v) is 17.9. The van der Waals surface area contributed by atoms with Gasteiger partial charge in [-0.3, -0.25) is 4.79 Å². The Balaban J connectivity index is 2.19. The van der Waals surface area contributed by atoms with Gasteiger partial charge in [-0.25, -0.2) is 4.99 Å². The zero-order chi connectivity index (χ0) is 23.2. The minimum atomic E-state index is -4.31. The van der Waals surface area contributed by atoms with Crippen molar-refractivity contribution < 1.29 is 18.0 Å². The molecule has 1 aromatic carbocycles. The molecule has 7 nitrogen and oxygen atoms in total. The predicted molar refractivity (Wildman–Crippen MR) is 116 cm³/mol. The van der Waals surface area contributed by atoms with Gasteiger partial charge < -0.3 is 26.7 Å². The molecule has 0 bridgehead atoms. The van der Waals surface area contributed by atoms with E-state index in [0.29, 0.717) is 36.6 Å². The summed E-state index contributed by atoms with van der Waals surface area (Å²) in [5.74, 6) is 0.263. The van der Waals surface area contributed by atoms with Crippen molar-refractivity contribution in [2.75, 3.05) is 33.2 Å². The lowest BCUT2D eigenvalue weighted by molar-refractivity contribution is -0.128. The van der Waals surface area contributed by atoms with Crippen LogP contribution in [0.1, 0.15) is 25.8 Å². The van der Waals surface area contributed by atoms with E-state index in [2.05, 4.69) is 15.6 Å². The molecule has 5 N–H and O–H groups in total. The average Bonchev–Trinajstić information content (AvgIpc) is 2.72. The van der Waals surface area contributed by atoms with Crippen LogP contribution in [0.15, 0.2) is 40.5 Å². The van der Waals surface area contributed by atoms with Crippen LogP contribution < -0.4 is 16.4 Å². The molecule has 0 spiro atoms. The fourth-order valence-electron chi connectivity index (χ4n) is 3.37. The average molecular weight is 438 g/mol. The van der Waals surface area contributed by atoms with Crippen molar-refractivity contribution in [3.63, 3.8) is 0 Å². The number of alkyl halides is 3. The summed E-state index contributed by atoms with van der Waals surface area (Å²) in [6.45, 7) is 3.04. The first-order valence-electron chi connectivity index (χ1n) is 9.88. The molecule has 1 atom stereocenters. The Bertz CT molecular complexity index is 863. The standard InChI is InChI=1S/C21H29F3N6O/c1-14(31)30-9-8-18(27-3)17(10-30)19(26)29-16-6-4-15(5-7-16)20(2,11-25)12-28-13-21(22,23)24/h4-7,11,25,27-28H,8-10,12-13H2,1-3H3,(H2,26,29). The second-order valence-electron chi connectivity index (χ2n) is 7.72. The maximum atomic E-state index is 12.4. The van der Waals surface area contributed by atoms with Crippen molar-refractivity contribution in [3.8, 4) is 0 Å². The van der Waals surface area contributed by atoms with Crippen molar-refractivity contribution in [2.45, 2.75) is 31.9 Å². The van der Waals surface area contributed by atoms with Gasteiger partial charge in [0.15, 0.2) is 0 Å². The molecule has 10 heteroatoms. The highest BCUT2D eigenvalue weighted by Gasteiger charge is 2.30. The highest BCUT2D eigenvalue weighted by atomic mass is 19.4. The molecular formula is C21H29F3N6O. The SMILES string of the molecule is CNC1=C(C(N)=Nc2ccc(C(C)(C=N)CNCC(F)(F)F)cc2)CN(C(C)=O)CC1. The Kier molecular flexibility index (Phi) is 7.83. The van der Waals surface area contributed by atoms with Crippen LogP contribution >= 0.6 is 0 Å².